The number of rotatable bonds is 7. The molecular formula is C15H22O2S. The quantitative estimate of drug-likeness (QED) is 0.556. The van der Waals surface area contributed by atoms with Crippen molar-refractivity contribution in [3.63, 3.8) is 0 Å². The van der Waals surface area contributed by atoms with Crippen molar-refractivity contribution in [3.8, 4) is 0 Å². The number of sulfone groups is 1. The number of hydrogen-bond acceptors (Lipinski definition) is 2. The number of benzene rings is 1. The van der Waals surface area contributed by atoms with Crippen molar-refractivity contribution in [2.24, 2.45) is 0 Å². The van der Waals surface area contributed by atoms with Crippen LogP contribution in [-0.2, 0) is 16.3 Å². The van der Waals surface area contributed by atoms with Gasteiger partial charge in [-0.15, -0.1) is 0 Å². The van der Waals surface area contributed by atoms with E-state index in [4.69, 9.17) is 0 Å². The van der Waals surface area contributed by atoms with Crippen molar-refractivity contribution >= 4 is 9.84 Å². The third-order valence-corrected chi connectivity index (χ3v) is 3.97. The normalized spacial score (nSPS) is 12.1. The Morgan fingerprint density at radius 1 is 1.06 bits per heavy atom. The summed E-state index contributed by atoms with van der Waals surface area (Å²) in [6.07, 6.45) is 11.4. The Morgan fingerprint density at radius 3 is 2.28 bits per heavy atom. The molecule has 0 spiro atoms. The molecule has 0 unspecified atom stereocenters. The van der Waals surface area contributed by atoms with Crippen LogP contribution in [-0.4, -0.2) is 14.7 Å². The summed E-state index contributed by atoms with van der Waals surface area (Å²) in [4.78, 5) is 0.387. The fourth-order valence-electron chi connectivity index (χ4n) is 1.72. The molecule has 0 aliphatic heterocycles. The van der Waals surface area contributed by atoms with E-state index in [0.29, 0.717) is 4.90 Å². The molecule has 0 heterocycles. The lowest BCUT2D eigenvalue weighted by molar-refractivity contribution is 0.602. The highest BCUT2D eigenvalue weighted by Crippen LogP contribution is 2.11. The van der Waals surface area contributed by atoms with E-state index in [-0.39, 0.29) is 0 Å². The highest BCUT2D eigenvalue weighted by Gasteiger charge is 2.05. The van der Waals surface area contributed by atoms with Gasteiger partial charge in [-0.25, -0.2) is 8.42 Å². The van der Waals surface area contributed by atoms with Gasteiger partial charge in [-0.3, -0.25) is 0 Å². The molecular weight excluding hydrogens is 244 g/mol. The summed E-state index contributed by atoms with van der Waals surface area (Å²) < 4.78 is 22.6. The molecule has 0 amide bonds. The first-order chi connectivity index (χ1) is 8.54. The van der Waals surface area contributed by atoms with Crippen molar-refractivity contribution in [2.45, 2.75) is 43.9 Å². The molecule has 100 valence electrons. The van der Waals surface area contributed by atoms with Gasteiger partial charge < -0.3 is 0 Å². The van der Waals surface area contributed by atoms with Crippen molar-refractivity contribution in [3.05, 3.63) is 42.0 Å². The van der Waals surface area contributed by atoms with Gasteiger partial charge in [-0.2, -0.15) is 0 Å². The van der Waals surface area contributed by atoms with E-state index >= 15 is 0 Å². The summed E-state index contributed by atoms with van der Waals surface area (Å²) >= 11 is 0. The highest BCUT2D eigenvalue weighted by atomic mass is 32.2. The van der Waals surface area contributed by atoms with Gasteiger partial charge in [0.15, 0.2) is 9.84 Å². The second-order valence-corrected chi connectivity index (χ2v) is 6.60. The van der Waals surface area contributed by atoms with Crippen LogP contribution in [0.3, 0.4) is 0 Å². The van der Waals surface area contributed by atoms with E-state index in [0.717, 1.165) is 18.4 Å². The van der Waals surface area contributed by atoms with E-state index in [2.05, 4.69) is 19.1 Å². The van der Waals surface area contributed by atoms with Gasteiger partial charge in [0.1, 0.15) is 0 Å². The van der Waals surface area contributed by atoms with Crippen LogP contribution >= 0.6 is 0 Å². The maximum atomic E-state index is 11.3. The maximum Gasteiger partial charge on any atom is 0.175 e. The molecule has 0 fully saturated rings. The van der Waals surface area contributed by atoms with E-state index in [1.807, 2.05) is 12.1 Å². The van der Waals surface area contributed by atoms with E-state index in [1.54, 1.807) is 12.1 Å². The van der Waals surface area contributed by atoms with Crippen LogP contribution in [0.15, 0.2) is 41.3 Å². The van der Waals surface area contributed by atoms with Crippen molar-refractivity contribution < 1.29 is 8.42 Å². The zero-order chi connectivity index (χ0) is 13.4. The van der Waals surface area contributed by atoms with E-state index in [1.165, 1.54) is 25.5 Å². The SMILES string of the molecule is CCCCC/C=C/Cc1ccc(S(C)(=O)=O)cc1. The Kier molecular flexibility index (Phi) is 6.13. The molecule has 0 bridgehead atoms. The Morgan fingerprint density at radius 2 is 1.72 bits per heavy atom. The molecule has 0 saturated heterocycles. The van der Waals surface area contributed by atoms with Crippen LogP contribution in [0, 0.1) is 0 Å². The summed E-state index contributed by atoms with van der Waals surface area (Å²) in [7, 11) is -3.07. The lowest BCUT2D eigenvalue weighted by Crippen LogP contribution is -1.96. The van der Waals surface area contributed by atoms with Crippen molar-refractivity contribution in [1.82, 2.24) is 0 Å². The molecule has 18 heavy (non-hydrogen) atoms. The molecule has 0 atom stereocenters. The van der Waals surface area contributed by atoms with Crippen molar-refractivity contribution in [1.29, 1.82) is 0 Å². The fraction of sp³-hybridized carbons (Fsp3) is 0.467. The van der Waals surface area contributed by atoms with Crippen LogP contribution < -0.4 is 0 Å². The van der Waals surface area contributed by atoms with Gasteiger partial charge >= 0.3 is 0 Å². The smallest absolute Gasteiger partial charge is 0.175 e. The number of unbranched alkanes of at least 4 members (excludes halogenated alkanes) is 3. The first kappa shape index (κ1) is 15.0. The Balaban J connectivity index is 2.45. The molecule has 1 rings (SSSR count). The van der Waals surface area contributed by atoms with Crippen LogP contribution in [0.4, 0.5) is 0 Å². The molecule has 0 aliphatic rings. The molecule has 0 aliphatic carbocycles. The predicted octanol–water partition coefficient (Wildman–Crippen LogP) is 3.77. The zero-order valence-corrected chi connectivity index (χ0v) is 12.0. The minimum Gasteiger partial charge on any atom is -0.224 e. The minimum atomic E-state index is -3.07. The standard InChI is InChI=1S/C15H22O2S/c1-3-4-5-6-7-8-9-14-10-12-15(13-11-14)18(2,16)17/h7-8,10-13H,3-6,9H2,1-2H3/b8-7+. The lowest BCUT2D eigenvalue weighted by atomic mass is 10.1. The number of allylic oxidation sites excluding steroid dienone is 2. The van der Waals surface area contributed by atoms with Gasteiger partial charge in [0, 0.05) is 6.26 Å². The molecule has 0 N–H and O–H groups in total. The fourth-order valence-corrected chi connectivity index (χ4v) is 2.35. The molecule has 0 radical (unpaired) electrons. The molecule has 3 heteroatoms. The first-order valence-corrected chi connectivity index (χ1v) is 8.37. The Hall–Kier alpha value is -1.09. The number of hydrogen-bond donors (Lipinski definition) is 0. The minimum absolute atomic E-state index is 0.387. The summed E-state index contributed by atoms with van der Waals surface area (Å²) in [6, 6.07) is 7.12. The summed E-state index contributed by atoms with van der Waals surface area (Å²) in [5.74, 6) is 0. The third-order valence-electron chi connectivity index (χ3n) is 2.85. The largest absolute Gasteiger partial charge is 0.224 e. The predicted molar refractivity (Wildman–Crippen MR) is 76.5 cm³/mol. The Bertz CT molecular complexity index is 470. The first-order valence-electron chi connectivity index (χ1n) is 6.48. The zero-order valence-electron chi connectivity index (χ0n) is 11.2. The molecule has 0 saturated carbocycles. The lowest BCUT2D eigenvalue weighted by Gasteiger charge is -2.00. The van der Waals surface area contributed by atoms with Crippen LogP contribution in [0.2, 0.25) is 0 Å². The van der Waals surface area contributed by atoms with Crippen LogP contribution in [0.25, 0.3) is 0 Å². The highest BCUT2D eigenvalue weighted by molar-refractivity contribution is 7.90. The molecule has 0 aromatic heterocycles. The average Bonchev–Trinajstić information content (AvgIpc) is 2.33. The summed E-state index contributed by atoms with van der Waals surface area (Å²) in [6.45, 7) is 2.20. The van der Waals surface area contributed by atoms with Gasteiger partial charge in [-0.05, 0) is 37.0 Å². The van der Waals surface area contributed by atoms with Gasteiger partial charge in [0.2, 0.25) is 0 Å². The molecule has 1 aromatic rings. The van der Waals surface area contributed by atoms with Gasteiger partial charge in [0.25, 0.3) is 0 Å². The van der Waals surface area contributed by atoms with E-state index in [9.17, 15) is 8.42 Å². The Labute approximate surface area is 111 Å². The monoisotopic (exact) mass is 266 g/mol. The topological polar surface area (TPSA) is 34.1 Å². The maximum absolute atomic E-state index is 11.3. The summed E-state index contributed by atoms with van der Waals surface area (Å²) in [5.41, 5.74) is 1.15. The van der Waals surface area contributed by atoms with Crippen molar-refractivity contribution in [2.75, 3.05) is 6.26 Å². The third kappa shape index (κ3) is 5.50. The average molecular weight is 266 g/mol. The van der Waals surface area contributed by atoms with Gasteiger partial charge in [-0.1, -0.05) is 44.1 Å². The van der Waals surface area contributed by atoms with Crippen LogP contribution in [0.5, 0.6) is 0 Å². The molecule has 1 aromatic carbocycles. The molecule has 2 nitrogen and oxygen atoms in total. The van der Waals surface area contributed by atoms with Crippen LogP contribution in [0.1, 0.15) is 38.2 Å². The second-order valence-electron chi connectivity index (χ2n) is 4.59. The summed E-state index contributed by atoms with van der Waals surface area (Å²) in [5, 5.41) is 0. The van der Waals surface area contributed by atoms with E-state index < -0.39 is 9.84 Å². The van der Waals surface area contributed by atoms with Gasteiger partial charge in [0.05, 0.1) is 4.90 Å². The second kappa shape index (κ2) is 7.37.